The van der Waals surface area contributed by atoms with Crippen LogP contribution in [0.15, 0.2) is 18.2 Å². The molecule has 0 saturated heterocycles. The first kappa shape index (κ1) is 9.65. The lowest BCUT2D eigenvalue weighted by Gasteiger charge is -2.03. The molecule has 1 aromatic heterocycles. The molecule has 0 bridgehead atoms. The Balaban J connectivity index is 2.79. The Bertz CT molecular complexity index is 485. The molecule has 0 spiro atoms. The minimum absolute atomic E-state index is 0.272. The summed E-state index contributed by atoms with van der Waals surface area (Å²) < 4.78 is 0. The lowest BCUT2D eigenvalue weighted by atomic mass is 10.2. The molecule has 2 N–H and O–H groups in total. The third-order valence-corrected chi connectivity index (χ3v) is 2.58. The van der Waals surface area contributed by atoms with E-state index >= 15 is 0 Å². The standard InChI is InChI=1S/C9H7Cl2N3/c10-5-1-2-7-6(3-5)9(11)8(4-12)14-13-7/h1-3H,4,12H2. The molecule has 0 aliphatic carbocycles. The van der Waals surface area contributed by atoms with E-state index in [1.807, 2.05) is 0 Å². The fraction of sp³-hybridized carbons (Fsp3) is 0.111. The lowest BCUT2D eigenvalue weighted by molar-refractivity contribution is 0.920. The molecule has 0 amide bonds. The van der Waals surface area contributed by atoms with Gasteiger partial charge in [-0.2, -0.15) is 10.2 Å². The monoisotopic (exact) mass is 227 g/mol. The van der Waals surface area contributed by atoms with E-state index in [9.17, 15) is 0 Å². The van der Waals surface area contributed by atoms with Crippen LogP contribution < -0.4 is 5.73 Å². The largest absolute Gasteiger partial charge is 0.325 e. The molecule has 0 unspecified atom stereocenters. The van der Waals surface area contributed by atoms with Gasteiger partial charge in [0.25, 0.3) is 0 Å². The van der Waals surface area contributed by atoms with Gasteiger partial charge in [0, 0.05) is 17.0 Å². The highest BCUT2D eigenvalue weighted by molar-refractivity contribution is 6.37. The highest BCUT2D eigenvalue weighted by Gasteiger charge is 2.07. The van der Waals surface area contributed by atoms with Gasteiger partial charge in [-0.1, -0.05) is 23.2 Å². The molecule has 3 nitrogen and oxygen atoms in total. The zero-order valence-corrected chi connectivity index (χ0v) is 8.68. The molecule has 2 aromatic rings. The molecule has 0 aliphatic rings. The van der Waals surface area contributed by atoms with E-state index in [0.29, 0.717) is 15.7 Å². The molecular weight excluding hydrogens is 221 g/mol. The van der Waals surface area contributed by atoms with Gasteiger partial charge in [0.15, 0.2) is 0 Å². The van der Waals surface area contributed by atoms with Crippen molar-refractivity contribution in [3.63, 3.8) is 0 Å². The van der Waals surface area contributed by atoms with Gasteiger partial charge in [0.2, 0.25) is 0 Å². The molecule has 0 aliphatic heterocycles. The van der Waals surface area contributed by atoms with Gasteiger partial charge in [-0.25, -0.2) is 0 Å². The molecule has 2 rings (SSSR count). The fourth-order valence-electron chi connectivity index (χ4n) is 1.22. The Morgan fingerprint density at radius 3 is 2.71 bits per heavy atom. The van der Waals surface area contributed by atoms with E-state index in [0.717, 1.165) is 10.9 Å². The maximum atomic E-state index is 6.07. The SMILES string of the molecule is NCc1nnc2ccc(Cl)cc2c1Cl. The molecular formula is C9H7Cl2N3. The average molecular weight is 228 g/mol. The first-order valence-electron chi connectivity index (χ1n) is 4.03. The molecule has 0 atom stereocenters. The van der Waals surface area contributed by atoms with Crippen LogP contribution in [0.1, 0.15) is 5.69 Å². The van der Waals surface area contributed by atoms with Crippen molar-refractivity contribution in [1.29, 1.82) is 0 Å². The first-order valence-corrected chi connectivity index (χ1v) is 4.78. The number of halogens is 2. The van der Waals surface area contributed by atoms with Crippen molar-refractivity contribution >= 4 is 34.1 Å². The predicted molar refractivity (Wildman–Crippen MR) is 57.4 cm³/mol. The number of rotatable bonds is 1. The Morgan fingerprint density at radius 1 is 1.21 bits per heavy atom. The van der Waals surface area contributed by atoms with Crippen LogP contribution in [0.3, 0.4) is 0 Å². The maximum Gasteiger partial charge on any atom is 0.0959 e. The van der Waals surface area contributed by atoms with E-state index in [1.54, 1.807) is 18.2 Å². The number of aromatic nitrogens is 2. The summed E-state index contributed by atoms with van der Waals surface area (Å²) >= 11 is 11.9. The van der Waals surface area contributed by atoms with E-state index in [4.69, 9.17) is 28.9 Å². The quantitative estimate of drug-likeness (QED) is 0.815. The Morgan fingerprint density at radius 2 is 2.00 bits per heavy atom. The van der Waals surface area contributed by atoms with Crippen molar-refractivity contribution in [1.82, 2.24) is 10.2 Å². The molecule has 0 fully saturated rings. The third-order valence-electron chi connectivity index (χ3n) is 1.92. The highest BCUT2D eigenvalue weighted by Crippen LogP contribution is 2.26. The molecule has 0 radical (unpaired) electrons. The van der Waals surface area contributed by atoms with Crippen molar-refractivity contribution in [2.45, 2.75) is 6.54 Å². The number of fused-ring (bicyclic) bond motifs is 1. The second-order valence-corrected chi connectivity index (χ2v) is 3.64. The molecule has 1 heterocycles. The van der Waals surface area contributed by atoms with Gasteiger partial charge in [0.1, 0.15) is 0 Å². The second kappa shape index (κ2) is 3.69. The number of benzene rings is 1. The Hall–Kier alpha value is -0.900. The smallest absolute Gasteiger partial charge is 0.0959 e. The summed E-state index contributed by atoms with van der Waals surface area (Å²) in [5.41, 5.74) is 6.76. The summed E-state index contributed by atoms with van der Waals surface area (Å²) in [6.07, 6.45) is 0. The maximum absolute atomic E-state index is 6.07. The Kier molecular flexibility index (Phi) is 2.54. The number of nitrogens with two attached hydrogens (primary N) is 1. The normalized spacial score (nSPS) is 10.8. The van der Waals surface area contributed by atoms with Crippen molar-refractivity contribution in [3.8, 4) is 0 Å². The van der Waals surface area contributed by atoms with E-state index in [2.05, 4.69) is 10.2 Å². The minimum Gasteiger partial charge on any atom is -0.325 e. The molecule has 0 saturated carbocycles. The molecule has 1 aromatic carbocycles. The number of hydrogen-bond acceptors (Lipinski definition) is 3. The molecule has 14 heavy (non-hydrogen) atoms. The van der Waals surface area contributed by atoms with Crippen LogP contribution in [-0.2, 0) is 6.54 Å². The molecule has 5 heteroatoms. The van der Waals surface area contributed by atoms with Crippen molar-refractivity contribution in [3.05, 3.63) is 33.9 Å². The van der Waals surface area contributed by atoms with Crippen molar-refractivity contribution < 1.29 is 0 Å². The number of hydrogen-bond donors (Lipinski definition) is 1. The Labute approximate surface area is 90.8 Å². The lowest BCUT2D eigenvalue weighted by Crippen LogP contribution is -2.02. The summed E-state index contributed by atoms with van der Waals surface area (Å²) in [5.74, 6) is 0. The van der Waals surface area contributed by atoms with Crippen LogP contribution in [0.4, 0.5) is 0 Å². The van der Waals surface area contributed by atoms with E-state index in [-0.39, 0.29) is 6.54 Å². The van der Waals surface area contributed by atoms with Crippen LogP contribution in [0.2, 0.25) is 10.0 Å². The van der Waals surface area contributed by atoms with Gasteiger partial charge in [-0.15, -0.1) is 0 Å². The summed E-state index contributed by atoms with van der Waals surface area (Å²) in [4.78, 5) is 0. The summed E-state index contributed by atoms with van der Waals surface area (Å²) in [6, 6.07) is 5.28. The minimum atomic E-state index is 0.272. The topological polar surface area (TPSA) is 51.8 Å². The van der Waals surface area contributed by atoms with Crippen molar-refractivity contribution in [2.24, 2.45) is 5.73 Å². The van der Waals surface area contributed by atoms with Crippen molar-refractivity contribution in [2.75, 3.05) is 0 Å². The van der Waals surface area contributed by atoms with Gasteiger partial charge in [0.05, 0.1) is 16.2 Å². The van der Waals surface area contributed by atoms with Crippen LogP contribution >= 0.6 is 23.2 Å². The van der Waals surface area contributed by atoms with Crippen LogP contribution in [-0.4, -0.2) is 10.2 Å². The highest BCUT2D eigenvalue weighted by atomic mass is 35.5. The number of nitrogens with zero attached hydrogens (tertiary/aromatic N) is 2. The van der Waals surface area contributed by atoms with Gasteiger partial charge >= 0.3 is 0 Å². The van der Waals surface area contributed by atoms with Gasteiger partial charge in [-0.3, -0.25) is 0 Å². The zero-order valence-electron chi connectivity index (χ0n) is 7.17. The van der Waals surface area contributed by atoms with E-state index < -0.39 is 0 Å². The van der Waals surface area contributed by atoms with E-state index in [1.165, 1.54) is 0 Å². The van der Waals surface area contributed by atoms with Crippen LogP contribution in [0.25, 0.3) is 10.9 Å². The first-order chi connectivity index (χ1) is 6.72. The molecule has 72 valence electrons. The third kappa shape index (κ3) is 1.54. The van der Waals surface area contributed by atoms with Crippen LogP contribution in [0.5, 0.6) is 0 Å². The van der Waals surface area contributed by atoms with Gasteiger partial charge in [-0.05, 0) is 18.2 Å². The zero-order chi connectivity index (χ0) is 10.1. The van der Waals surface area contributed by atoms with Gasteiger partial charge < -0.3 is 5.73 Å². The average Bonchev–Trinajstić information content (AvgIpc) is 2.20. The fourth-order valence-corrected chi connectivity index (χ4v) is 1.65. The second-order valence-electron chi connectivity index (χ2n) is 2.83. The summed E-state index contributed by atoms with van der Waals surface area (Å²) in [7, 11) is 0. The van der Waals surface area contributed by atoms with Crippen LogP contribution in [0, 0.1) is 0 Å². The summed E-state index contributed by atoms with van der Waals surface area (Å²) in [5, 5.41) is 9.82. The summed E-state index contributed by atoms with van der Waals surface area (Å²) in [6.45, 7) is 0.272. The predicted octanol–water partition coefficient (Wildman–Crippen LogP) is 2.40.